The van der Waals surface area contributed by atoms with Crippen LogP contribution in [0.25, 0.3) is 0 Å². The lowest BCUT2D eigenvalue weighted by Gasteiger charge is -2.32. The van der Waals surface area contributed by atoms with Gasteiger partial charge in [-0.05, 0) is 49.5 Å². The topological polar surface area (TPSA) is 29.3 Å². The summed E-state index contributed by atoms with van der Waals surface area (Å²) in [7, 11) is 0. The van der Waals surface area contributed by atoms with Gasteiger partial charge in [-0.25, -0.2) is 0 Å². The van der Waals surface area contributed by atoms with Gasteiger partial charge in [-0.2, -0.15) is 0 Å². The van der Waals surface area contributed by atoms with E-state index in [0.29, 0.717) is 12.0 Å². The van der Waals surface area contributed by atoms with Gasteiger partial charge in [0.2, 0.25) is 0 Å². The van der Waals surface area contributed by atoms with Gasteiger partial charge in [0.1, 0.15) is 0 Å². The Morgan fingerprint density at radius 2 is 2.12 bits per heavy atom. The molecule has 1 unspecified atom stereocenters. The summed E-state index contributed by atoms with van der Waals surface area (Å²) in [6.07, 6.45) is 2.25. The first-order chi connectivity index (χ1) is 8.15. The summed E-state index contributed by atoms with van der Waals surface area (Å²) in [6, 6.07) is 8.60. The summed E-state index contributed by atoms with van der Waals surface area (Å²) < 4.78 is 0. The molecule has 0 aromatic heterocycles. The van der Waals surface area contributed by atoms with E-state index < -0.39 is 0 Å². The Morgan fingerprint density at radius 3 is 2.76 bits per heavy atom. The highest BCUT2D eigenvalue weighted by Gasteiger charge is 2.18. The second kappa shape index (κ2) is 5.85. The lowest BCUT2D eigenvalue weighted by atomic mass is 9.98. The molecule has 0 saturated carbocycles. The largest absolute Gasteiger partial charge is 0.328 e. The average Bonchev–Trinajstić information content (AvgIpc) is 2.32. The quantitative estimate of drug-likeness (QED) is 0.897. The minimum absolute atomic E-state index is 0.410. The van der Waals surface area contributed by atoms with Crippen molar-refractivity contribution in [1.82, 2.24) is 4.90 Å². The number of benzene rings is 1. The molecule has 94 valence electrons. The number of halogens is 1. The van der Waals surface area contributed by atoms with E-state index in [-0.39, 0.29) is 0 Å². The standard InChI is InChI=1S/C14H21ClN2/c1-11(12-3-2-4-13(15)9-12)10-17-7-5-14(16)6-8-17/h2-4,9,11,14H,5-8,10,16H2,1H3. The van der Waals surface area contributed by atoms with Crippen molar-refractivity contribution in [3.05, 3.63) is 34.9 Å². The van der Waals surface area contributed by atoms with Crippen LogP contribution in [0.5, 0.6) is 0 Å². The molecule has 1 aliphatic heterocycles. The molecule has 0 radical (unpaired) electrons. The molecule has 2 nitrogen and oxygen atoms in total. The summed E-state index contributed by atoms with van der Waals surface area (Å²) in [5, 5.41) is 0.829. The zero-order chi connectivity index (χ0) is 12.3. The lowest BCUT2D eigenvalue weighted by molar-refractivity contribution is 0.204. The normalized spacial score (nSPS) is 20.4. The van der Waals surface area contributed by atoms with Gasteiger partial charge in [-0.15, -0.1) is 0 Å². The molecule has 3 heteroatoms. The Labute approximate surface area is 109 Å². The molecule has 1 aromatic rings. The number of hydrogen-bond donors (Lipinski definition) is 1. The van der Waals surface area contributed by atoms with Gasteiger partial charge >= 0.3 is 0 Å². The van der Waals surface area contributed by atoms with Crippen LogP contribution in [0, 0.1) is 0 Å². The smallest absolute Gasteiger partial charge is 0.0408 e. The molecule has 0 aliphatic carbocycles. The van der Waals surface area contributed by atoms with E-state index in [2.05, 4.69) is 24.0 Å². The first-order valence-corrected chi connectivity index (χ1v) is 6.76. The van der Waals surface area contributed by atoms with Crippen molar-refractivity contribution in [3.8, 4) is 0 Å². The third-order valence-corrected chi connectivity index (χ3v) is 3.82. The molecule has 1 fully saturated rings. The maximum atomic E-state index is 6.02. The second-order valence-corrected chi connectivity index (χ2v) is 5.53. The van der Waals surface area contributed by atoms with Gasteiger partial charge in [0, 0.05) is 17.6 Å². The van der Waals surface area contributed by atoms with Gasteiger partial charge in [0.15, 0.2) is 0 Å². The third-order valence-electron chi connectivity index (χ3n) is 3.58. The molecule has 1 aromatic carbocycles. The van der Waals surface area contributed by atoms with Gasteiger partial charge in [-0.1, -0.05) is 30.7 Å². The zero-order valence-electron chi connectivity index (χ0n) is 10.4. The van der Waals surface area contributed by atoms with Crippen LogP contribution in [0.4, 0.5) is 0 Å². The summed E-state index contributed by atoms with van der Waals surface area (Å²) >= 11 is 6.02. The molecule has 1 aliphatic rings. The molecule has 0 bridgehead atoms. The molecule has 1 atom stereocenters. The Morgan fingerprint density at radius 1 is 1.41 bits per heavy atom. The Kier molecular flexibility index (Phi) is 4.43. The van der Waals surface area contributed by atoms with Crippen LogP contribution >= 0.6 is 11.6 Å². The first-order valence-electron chi connectivity index (χ1n) is 6.38. The van der Waals surface area contributed by atoms with E-state index in [4.69, 9.17) is 17.3 Å². The van der Waals surface area contributed by atoms with Crippen molar-refractivity contribution in [2.45, 2.75) is 31.7 Å². The number of likely N-dealkylation sites (tertiary alicyclic amines) is 1. The molecule has 17 heavy (non-hydrogen) atoms. The fourth-order valence-corrected chi connectivity index (χ4v) is 2.64. The lowest BCUT2D eigenvalue weighted by Crippen LogP contribution is -2.41. The van der Waals surface area contributed by atoms with Crippen molar-refractivity contribution in [2.75, 3.05) is 19.6 Å². The fraction of sp³-hybridized carbons (Fsp3) is 0.571. The van der Waals surface area contributed by atoms with Crippen LogP contribution < -0.4 is 5.73 Å². The van der Waals surface area contributed by atoms with Gasteiger partial charge in [0.05, 0.1) is 0 Å². The van der Waals surface area contributed by atoms with E-state index >= 15 is 0 Å². The molecule has 1 saturated heterocycles. The number of nitrogens with zero attached hydrogens (tertiary/aromatic N) is 1. The summed E-state index contributed by atoms with van der Waals surface area (Å²) in [5.74, 6) is 0.531. The second-order valence-electron chi connectivity index (χ2n) is 5.09. The number of hydrogen-bond acceptors (Lipinski definition) is 2. The Hall–Kier alpha value is -0.570. The third kappa shape index (κ3) is 3.70. The number of rotatable bonds is 3. The number of nitrogens with two attached hydrogens (primary N) is 1. The maximum Gasteiger partial charge on any atom is 0.0408 e. The van der Waals surface area contributed by atoms with Crippen LogP contribution in [0.15, 0.2) is 24.3 Å². The van der Waals surface area contributed by atoms with E-state index in [1.54, 1.807) is 0 Å². The average molecular weight is 253 g/mol. The van der Waals surface area contributed by atoms with Crippen LogP contribution in [-0.2, 0) is 0 Å². The molecular weight excluding hydrogens is 232 g/mol. The highest BCUT2D eigenvalue weighted by Crippen LogP contribution is 2.21. The minimum Gasteiger partial charge on any atom is -0.328 e. The van der Waals surface area contributed by atoms with Crippen LogP contribution in [0.2, 0.25) is 5.02 Å². The molecule has 0 amide bonds. The van der Waals surface area contributed by atoms with Crippen molar-refractivity contribution >= 4 is 11.6 Å². The van der Waals surface area contributed by atoms with Crippen molar-refractivity contribution < 1.29 is 0 Å². The summed E-state index contributed by atoms with van der Waals surface area (Å²) in [6.45, 7) is 5.63. The monoisotopic (exact) mass is 252 g/mol. The predicted octanol–water partition coefficient (Wildman–Crippen LogP) is 2.87. The fourth-order valence-electron chi connectivity index (χ4n) is 2.44. The van der Waals surface area contributed by atoms with E-state index in [9.17, 15) is 0 Å². The van der Waals surface area contributed by atoms with Crippen LogP contribution in [-0.4, -0.2) is 30.6 Å². The Balaban J connectivity index is 1.90. The zero-order valence-corrected chi connectivity index (χ0v) is 11.2. The van der Waals surface area contributed by atoms with Crippen LogP contribution in [0.3, 0.4) is 0 Å². The molecule has 2 rings (SSSR count). The van der Waals surface area contributed by atoms with Gasteiger partial charge < -0.3 is 10.6 Å². The van der Waals surface area contributed by atoms with Gasteiger partial charge in [-0.3, -0.25) is 0 Å². The highest BCUT2D eigenvalue weighted by molar-refractivity contribution is 6.30. The Bertz CT molecular complexity index is 359. The molecule has 2 N–H and O–H groups in total. The van der Waals surface area contributed by atoms with Crippen molar-refractivity contribution in [3.63, 3.8) is 0 Å². The van der Waals surface area contributed by atoms with Crippen LogP contribution in [0.1, 0.15) is 31.2 Å². The maximum absolute atomic E-state index is 6.02. The van der Waals surface area contributed by atoms with Crippen molar-refractivity contribution in [1.29, 1.82) is 0 Å². The minimum atomic E-state index is 0.410. The molecular formula is C14H21ClN2. The van der Waals surface area contributed by atoms with E-state index in [1.807, 2.05) is 12.1 Å². The predicted molar refractivity (Wildman–Crippen MR) is 73.5 cm³/mol. The number of piperidine rings is 1. The van der Waals surface area contributed by atoms with Gasteiger partial charge in [0.25, 0.3) is 0 Å². The first kappa shape index (κ1) is 12.9. The summed E-state index contributed by atoms with van der Waals surface area (Å²) in [4.78, 5) is 2.51. The molecule has 0 spiro atoms. The van der Waals surface area contributed by atoms with E-state index in [1.165, 1.54) is 5.56 Å². The summed E-state index contributed by atoms with van der Waals surface area (Å²) in [5.41, 5.74) is 7.24. The highest BCUT2D eigenvalue weighted by atomic mass is 35.5. The van der Waals surface area contributed by atoms with E-state index in [0.717, 1.165) is 37.5 Å². The molecule has 1 heterocycles. The SMILES string of the molecule is CC(CN1CCC(N)CC1)c1cccc(Cl)c1. The van der Waals surface area contributed by atoms with Crippen molar-refractivity contribution in [2.24, 2.45) is 5.73 Å².